The van der Waals surface area contributed by atoms with Gasteiger partial charge in [0.2, 0.25) is 0 Å². The molecule has 0 radical (unpaired) electrons. The Morgan fingerprint density at radius 2 is 2.25 bits per heavy atom. The van der Waals surface area contributed by atoms with E-state index in [0.29, 0.717) is 11.6 Å². The molecule has 104 valence electrons. The molecule has 0 N–H and O–H groups in total. The first kappa shape index (κ1) is 12.8. The quantitative estimate of drug-likeness (QED) is 0.836. The topological polar surface area (TPSA) is 51.0 Å². The van der Waals surface area contributed by atoms with Gasteiger partial charge in [0.1, 0.15) is 5.69 Å². The highest BCUT2D eigenvalue weighted by molar-refractivity contribution is 5.92. The van der Waals surface area contributed by atoms with Gasteiger partial charge in [-0.3, -0.25) is 14.5 Å². The fraction of sp³-hybridized carbons (Fsp3) is 0.400. The number of aryl methyl sites for hydroxylation is 1. The van der Waals surface area contributed by atoms with Crippen LogP contribution >= 0.6 is 0 Å². The molecule has 5 heteroatoms. The van der Waals surface area contributed by atoms with E-state index < -0.39 is 0 Å². The second-order valence-electron chi connectivity index (χ2n) is 5.22. The molecule has 0 bridgehead atoms. The number of carbonyl (C=O) groups is 1. The summed E-state index contributed by atoms with van der Waals surface area (Å²) in [7, 11) is 1.92. The van der Waals surface area contributed by atoms with Crippen molar-refractivity contribution in [1.29, 1.82) is 0 Å². The molecule has 0 saturated carbocycles. The molecule has 1 amide bonds. The molecule has 1 aliphatic rings. The van der Waals surface area contributed by atoms with Gasteiger partial charge in [0.25, 0.3) is 5.91 Å². The van der Waals surface area contributed by atoms with Crippen LogP contribution in [-0.4, -0.2) is 38.7 Å². The molecule has 1 saturated heterocycles. The predicted octanol–water partition coefficient (Wildman–Crippen LogP) is 1.83. The summed E-state index contributed by atoms with van der Waals surface area (Å²) in [5.41, 5.74) is 1.60. The SMILES string of the molecule is Cn1ccc([C@H]2CCCN(C(=O)c3ccccn3)C2)n1. The average Bonchev–Trinajstić information content (AvgIpc) is 2.94. The summed E-state index contributed by atoms with van der Waals surface area (Å²) < 4.78 is 1.81. The maximum absolute atomic E-state index is 12.4. The van der Waals surface area contributed by atoms with E-state index in [9.17, 15) is 4.79 Å². The van der Waals surface area contributed by atoms with E-state index in [-0.39, 0.29) is 5.91 Å². The van der Waals surface area contributed by atoms with E-state index in [1.807, 2.05) is 41.0 Å². The number of amides is 1. The smallest absolute Gasteiger partial charge is 0.272 e. The molecule has 2 aromatic heterocycles. The van der Waals surface area contributed by atoms with E-state index in [0.717, 1.165) is 31.6 Å². The van der Waals surface area contributed by atoms with Crippen molar-refractivity contribution in [2.24, 2.45) is 7.05 Å². The molecule has 2 aromatic rings. The number of hydrogen-bond acceptors (Lipinski definition) is 3. The minimum atomic E-state index is 0.0197. The van der Waals surface area contributed by atoms with E-state index in [4.69, 9.17) is 0 Å². The summed E-state index contributed by atoms with van der Waals surface area (Å²) in [6.07, 6.45) is 5.71. The lowest BCUT2D eigenvalue weighted by Gasteiger charge is -2.31. The summed E-state index contributed by atoms with van der Waals surface area (Å²) >= 11 is 0. The highest BCUT2D eigenvalue weighted by Gasteiger charge is 2.27. The van der Waals surface area contributed by atoms with Gasteiger partial charge in [-0.05, 0) is 31.0 Å². The molecule has 1 fully saturated rings. The maximum Gasteiger partial charge on any atom is 0.272 e. The highest BCUT2D eigenvalue weighted by atomic mass is 16.2. The lowest BCUT2D eigenvalue weighted by atomic mass is 9.95. The van der Waals surface area contributed by atoms with Crippen molar-refractivity contribution < 1.29 is 4.79 Å². The first-order chi connectivity index (χ1) is 9.74. The third-order valence-electron chi connectivity index (χ3n) is 3.75. The Kier molecular flexibility index (Phi) is 3.50. The minimum Gasteiger partial charge on any atom is -0.337 e. The van der Waals surface area contributed by atoms with Gasteiger partial charge in [-0.15, -0.1) is 0 Å². The van der Waals surface area contributed by atoms with Crippen LogP contribution in [0.4, 0.5) is 0 Å². The van der Waals surface area contributed by atoms with Crippen molar-refractivity contribution in [1.82, 2.24) is 19.7 Å². The third kappa shape index (κ3) is 2.57. The van der Waals surface area contributed by atoms with Crippen molar-refractivity contribution >= 4 is 5.91 Å². The second kappa shape index (κ2) is 5.45. The average molecular weight is 270 g/mol. The molecule has 1 aliphatic heterocycles. The molecule has 5 nitrogen and oxygen atoms in total. The zero-order valence-electron chi connectivity index (χ0n) is 11.6. The van der Waals surface area contributed by atoms with Gasteiger partial charge < -0.3 is 4.90 Å². The summed E-state index contributed by atoms with van der Waals surface area (Å²) in [5.74, 6) is 0.351. The number of rotatable bonds is 2. The molecule has 0 aromatic carbocycles. The van der Waals surface area contributed by atoms with Crippen molar-refractivity contribution in [2.45, 2.75) is 18.8 Å². The molecule has 0 aliphatic carbocycles. The lowest BCUT2D eigenvalue weighted by molar-refractivity contribution is 0.0700. The van der Waals surface area contributed by atoms with E-state index >= 15 is 0 Å². The van der Waals surface area contributed by atoms with Gasteiger partial charge in [0.15, 0.2) is 0 Å². The van der Waals surface area contributed by atoms with Gasteiger partial charge in [-0.1, -0.05) is 6.07 Å². The van der Waals surface area contributed by atoms with Crippen molar-refractivity contribution in [3.8, 4) is 0 Å². The fourth-order valence-corrected chi connectivity index (χ4v) is 2.71. The molecule has 1 atom stereocenters. The Bertz CT molecular complexity index is 593. The number of likely N-dealkylation sites (tertiary alicyclic amines) is 1. The summed E-state index contributed by atoms with van der Waals surface area (Å²) in [6.45, 7) is 1.53. The number of nitrogens with zero attached hydrogens (tertiary/aromatic N) is 4. The van der Waals surface area contributed by atoms with Crippen molar-refractivity contribution in [3.63, 3.8) is 0 Å². The van der Waals surface area contributed by atoms with Crippen molar-refractivity contribution in [3.05, 3.63) is 48.0 Å². The summed E-state index contributed by atoms with van der Waals surface area (Å²) in [4.78, 5) is 18.5. The standard InChI is InChI=1S/C15H18N4O/c1-18-10-7-13(17-18)12-5-4-9-19(11-12)15(20)14-6-2-3-8-16-14/h2-3,6-8,10,12H,4-5,9,11H2,1H3/t12-/m0/s1. The Morgan fingerprint density at radius 1 is 1.35 bits per heavy atom. The lowest BCUT2D eigenvalue weighted by Crippen LogP contribution is -2.39. The first-order valence-corrected chi connectivity index (χ1v) is 6.94. The zero-order valence-corrected chi connectivity index (χ0v) is 11.6. The van der Waals surface area contributed by atoms with Crippen LogP contribution in [0, 0.1) is 0 Å². The van der Waals surface area contributed by atoms with E-state index in [1.165, 1.54) is 0 Å². The molecular formula is C15H18N4O. The molecule has 0 spiro atoms. The normalized spacial score (nSPS) is 19.1. The van der Waals surface area contributed by atoms with Crippen LogP contribution in [-0.2, 0) is 7.05 Å². The van der Waals surface area contributed by atoms with Gasteiger partial charge >= 0.3 is 0 Å². The maximum atomic E-state index is 12.4. The fourth-order valence-electron chi connectivity index (χ4n) is 2.71. The van der Waals surface area contributed by atoms with E-state index in [1.54, 1.807) is 12.3 Å². The van der Waals surface area contributed by atoms with Gasteiger partial charge in [-0.25, -0.2) is 0 Å². The molecule has 0 unspecified atom stereocenters. The highest BCUT2D eigenvalue weighted by Crippen LogP contribution is 2.26. The molecular weight excluding hydrogens is 252 g/mol. The number of piperidine rings is 1. The van der Waals surface area contributed by atoms with Crippen LogP contribution in [0.1, 0.15) is 34.9 Å². The van der Waals surface area contributed by atoms with Gasteiger partial charge in [0, 0.05) is 38.4 Å². The van der Waals surface area contributed by atoms with Crippen LogP contribution in [0.25, 0.3) is 0 Å². The summed E-state index contributed by atoms with van der Waals surface area (Å²) in [5, 5.41) is 4.46. The minimum absolute atomic E-state index is 0.0197. The first-order valence-electron chi connectivity index (χ1n) is 6.94. The number of pyridine rings is 1. The third-order valence-corrected chi connectivity index (χ3v) is 3.75. The number of aromatic nitrogens is 3. The van der Waals surface area contributed by atoms with Crippen LogP contribution in [0.3, 0.4) is 0 Å². The molecule has 20 heavy (non-hydrogen) atoms. The zero-order chi connectivity index (χ0) is 13.9. The van der Waals surface area contributed by atoms with Gasteiger partial charge in [-0.2, -0.15) is 5.10 Å². The Hall–Kier alpha value is -2.17. The van der Waals surface area contributed by atoms with E-state index in [2.05, 4.69) is 10.1 Å². The largest absolute Gasteiger partial charge is 0.337 e. The van der Waals surface area contributed by atoms with Gasteiger partial charge in [0.05, 0.1) is 5.69 Å². The summed E-state index contributed by atoms with van der Waals surface area (Å²) in [6, 6.07) is 7.48. The number of carbonyl (C=O) groups excluding carboxylic acids is 1. The predicted molar refractivity (Wildman–Crippen MR) is 75.3 cm³/mol. The Morgan fingerprint density at radius 3 is 2.95 bits per heavy atom. The Labute approximate surface area is 118 Å². The van der Waals surface area contributed by atoms with Crippen LogP contribution in [0.5, 0.6) is 0 Å². The Balaban J connectivity index is 1.74. The van der Waals surface area contributed by atoms with Crippen LogP contribution < -0.4 is 0 Å². The molecule has 3 heterocycles. The monoisotopic (exact) mass is 270 g/mol. The second-order valence-corrected chi connectivity index (χ2v) is 5.22. The van der Waals surface area contributed by atoms with Crippen molar-refractivity contribution in [2.75, 3.05) is 13.1 Å². The number of hydrogen-bond donors (Lipinski definition) is 0. The van der Waals surface area contributed by atoms with Crippen LogP contribution in [0.15, 0.2) is 36.7 Å². The van der Waals surface area contributed by atoms with Crippen LogP contribution in [0.2, 0.25) is 0 Å². The molecule has 3 rings (SSSR count).